The molecule has 0 unspecified atom stereocenters. The topological polar surface area (TPSA) is 50.3 Å². The Labute approximate surface area is 102 Å². The Hall–Kier alpha value is -1.36. The van der Waals surface area contributed by atoms with E-state index in [-0.39, 0.29) is 6.10 Å². The van der Waals surface area contributed by atoms with Gasteiger partial charge in [0, 0.05) is 25.7 Å². The molecule has 1 N–H and O–H groups in total. The summed E-state index contributed by atoms with van der Waals surface area (Å²) in [4.78, 5) is 10.6. The number of rotatable bonds is 4. The van der Waals surface area contributed by atoms with Crippen LogP contribution in [-0.4, -0.2) is 47.7 Å². The molecule has 0 aliphatic carbocycles. The minimum absolute atomic E-state index is 0.288. The summed E-state index contributed by atoms with van der Waals surface area (Å²) in [6.45, 7) is 5.08. The summed E-state index contributed by atoms with van der Waals surface area (Å²) in [6, 6.07) is 1.86. The van der Waals surface area contributed by atoms with Crippen LogP contribution in [-0.2, 0) is 0 Å². The maximum absolute atomic E-state index is 5.87. The Kier molecular flexibility index (Phi) is 4.14. The van der Waals surface area contributed by atoms with Crippen molar-refractivity contribution in [2.75, 3.05) is 32.0 Å². The zero-order valence-corrected chi connectivity index (χ0v) is 10.5. The lowest BCUT2D eigenvalue weighted by Crippen LogP contribution is -2.35. The van der Waals surface area contributed by atoms with Gasteiger partial charge in [-0.2, -0.15) is 0 Å². The van der Waals surface area contributed by atoms with Gasteiger partial charge in [-0.15, -0.1) is 0 Å². The van der Waals surface area contributed by atoms with E-state index in [1.54, 1.807) is 6.33 Å². The second-order valence-electron chi connectivity index (χ2n) is 4.39. The second-order valence-corrected chi connectivity index (χ2v) is 4.39. The molecule has 2 heterocycles. The molecule has 94 valence electrons. The number of nitrogens with zero attached hydrogens (tertiary/aromatic N) is 3. The molecule has 1 aliphatic rings. The van der Waals surface area contributed by atoms with E-state index in [1.165, 1.54) is 0 Å². The SMILES string of the molecule is CCNc1cc(OC2CCN(C)CC2)ncn1. The van der Waals surface area contributed by atoms with Crippen LogP contribution in [0.3, 0.4) is 0 Å². The van der Waals surface area contributed by atoms with Crippen molar-refractivity contribution in [3.8, 4) is 5.88 Å². The van der Waals surface area contributed by atoms with Crippen LogP contribution < -0.4 is 10.1 Å². The van der Waals surface area contributed by atoms with Gasteiger partial charge in [-0.25, -0.2) is 9.97 Å². The third-order valence-corrected chi connectivity index (χ3v) is 2.95. The van der Waals surface area contributed by atoms with Crippen molar-refractivity contribution in [3.63, 3.8) is 0 Å². The van der Waals surface area contributed by atoms with Gasteiger partial charge in [0.1, 0.15) is 18.2 Å². The molecule has 0 aromatic carbocycles. The number of nitrogens with one attached hydrogen (secondary N) is 1. The van der Waals surface area contributed by atoms with Gasteiger partial charge in [-0.3, -0.25) is 0 Å². The monoisotopic (exact) mass is 236 g/mol. The largest absolute Gasteiger partial charge is 0.474 e. The molecular formula is C12H20N4O. The van der Waals surface area contributed by atoms with E-state index in [0.717, 1.165) is 38.3 Å². The van der Waals surface area contributed by atoms with E-state index in [2.05, 4.69) is 27.2 Å². The second kappa shape index (κ2) is 5.82. The standard InChI is InChI=1S/C12H20N4O/c1-3-13-11-8-12(15-9-14-11)17-10-4-6-16(2)7-5-10/h8-10H,3-7H2,1-2H3,(H,13,14,15). The van der Waals surface area contributed by atoms with Gasteiger partial charge in [-0.05, 0) is 26.8 Å². The molecule has 1 fully saturated rings. The predicted molar refractivity (Wildman–Crippen MR) is 67.3 cm³/mol. The lowest BCUT2D eigenvalue weighted by Gasteiger charge is -2.28. The van der Waals surface area contributed by atoms with E-state index in [9.17, 15) is 0 Å². The number of likely N-dealkylation sites (tertiary alicyclic amines) is 1. The fraction of sp³-hybridized carbons (Fsp3) is 0.667. The van der Waals surface area contributed by atoms with E-state index in [1.807, 2.05) is 13.0 Å². The van der Waals surface area contributed by atoms with Crippen molar-refractivity contribution in [2.45, 2.75) is 25.9 Å². The van der Waals surface area contributed by atoms with Crippen molar-refractivity contribution in [1.29, 1.82) is 0 Å². The fourth-order valence-electron chi connectivity index (χ4n) is 1.96. The van der Waals surface area contributed by atoms with Gasteiger partial charge in [0.05, 0.1) is 0 Å². The molecule has 1 aromatic rings. The van der Waals surface area contributed by atoms with Crippen LogP contribution in [0.25, 0.3) is 0 Å². The van der Waals surface area contributed by atoms with Gasteiger partial charge in [0.2, 0.25) is 5.88 Å². The van der Waals surface area contributed by atoms with Crippen molar-refractivity contribution >= 4 is 5.82 Å². The van der Waals surface area contributed by atoms with Gasteiger partial charge in [0.15, 0.2) is 0 Å². The van der Waals surface area contributed by atoms with E-state index in [0.29, 0.717) is 5.88 Å². The first-order valence-electron chi connectivity index (χ1n) is 6.19. The molecule has 2 rings (SSSR count). The maximum atomic E-state index is 5.87. The minimum Gasteiger partial charge on any atom is -0.474 e. The Morgan fingerprint density at radius 2 is 2.18 bits per heavy atom. The molecule has 1 aliphatic heterocycles. The van der Waals surface area contributed by atoms with E-state index < -0.39 is 0 Å². The smallest absolute Gasteiger partial charge is 0.218 e. The molecule has 0 radical (unpaired) electrons. The van der Waals surface area contributed by atoms with Gasteiger partial charge in [0.25, 0.3) is 0 Å². The van der Waals surface area contributed by atoms with Gasteiger partial charge >= 0.3 is 0 Å². The van der Waals surface area contributed by atoms with Crippen LogP contribution in [0.2, 0.25) is 0 Å². The molecule has 1 saturated heterocycles. The van der Waals surface area contributed by atoms with Crippen LogP contribution in [0, 0.1) is 0 Å². The normalized spacial score (nSPS) is 18.0. The first-order valence-corrected chi connectivity index (χ1v) is 6.19. The van der Waals surface area contributed by atoms with E-state index >= 15 is 0 Å². The Balaban J connectivity index is 1.91. The summed E-state index contributed by atoms with van der Waals surface area (Å²) in [5.41, 5.74) is 0. The van der Waals surface area contributed by atoms with E-state index in [4.69, 9.17) is 4.74 Å². The molecule has 5 nitrogen and oxygen atoms in total. The first kappa shape index (κ1) is 12.1. The average Bonchev–Trinajstić information content (AvgIpc) is 2.33. The number of aromatic nitrogens is 2. The first-order chi connectivity index (χ1) is 8.28. The summed E-state index contributed by atoms with van der Waals surface area (Å²) in [5, 5.41) is 3.15. The summed E-state index contributed by atoms with van der Waals surface area (Å²) >= 11 is 0. The lowest BCUT2D eigenvalue weighted by atomic mass is 10.1. The third kappa shape index (κ3) is 3.56. The van der Waals surface area contributed by atoms with Crippen LogP contribution in [0.5, 0.6) is 5.88 Å². The highest BCUT2D eigenvalue weighted by Crippen LogP contribution is 2.17. The number of hydrogen-bond acceptors (Lipinski definition) is 5. The number of hydrogen-bond donors (Lipinski definition) is 1. The molecule has 0 amide bonds. The summed E-state index contributed by atoms with van der Waals surface area (Å²) in [6.07, 6.45) is 3.96. The number of piperidine rings is 1. The molecular weight excluding hydrogens is 216 g/mol. The maximum Gasteiger partial charge on any atom is 0.218 e. The molecule has 5 heteroatoms. The zero-order chi connectivity index (χ0) is 12.1. The highest BCUT2D eigenvalue weighted by Gasteiger charge is 2.18. The molecule has 0 spiro atoms. The molecule has 0 bridgehead atoms. The van der Waals surface area contributed by atoms with Crippen LogP contribution >= 0.6 is 0 Å². The molecule has 17 heavy (non-hydrogen) atoms. The van der Waals surface area contributed by atoms with Gasteiger partial charge in [-0.1, -0.05) is 0 Å². The van der Waals surface area contributed by atoms with Crippen LogP contribution in [0.15, 0.2) is 12.4 Å². The summed E-state index contributed by atoms with van der Waals surface area (Å²) in [7, 11) is 2.14. The lowest BCUT2D eigenvalue weighted by molar-refractivity contribution is 0.110. The highest BCUT2D eigenvalue weighted by atomic mass is 16.5. The van der Waals surface area contributed by atoms with Crippen molar-refractivity contribution in [2.24, 2.45) is 0 Å². The number of ether oxygens (including phenoxy) is 1. The quantitative estimate of drug-likeness (QED) is 0.856. The van der Waals surface area contributed by atoms with Crippen molar-refractivity contribution in [3.05, 3.63) is 12.4 Å². The Morgan fingerprint density at radius 1 is 1.41 bits per heavy atom. The van der Waals surface area contributed by atoms with Crippen LogP contribution in [0.1, 0.15) is 19.8 Å². The zero-order valence-electron chi connectivity index (χ0n) is 10.5. The van der Waals surface area contributed by atoms with Crippen molar-refractivity contribution < 1.29 is 4.74 Å². The van der Waals surface area contributed by atoms with Crippen LogP contribution in [0.4, 0.5) is 5.82 Å². The molecule has 0 atom stereocenters. The average molecular weight is 236 g/mol. The number of anilines is 1. The summed E-state index contributed by atoms with van der Waals surface area (Å²) < 4.78 is 5.87. The van der Waals surface area contributed by atoms with Gasteiger partial charge < -0.3 is 15.0 Å². The highest BCUT2D eigenvalue weighted by molar-refractivity contribution is 5.36. The molecule has 1 aromatic heterocycles. The Morgan fingerprint density at radius 3 is 2.88 bits per heavy atom. The van der Waals surface area contributed by atoms with Crippen molar-refractivity contribution in [1.82, 2.24) is 14.9 Å². The predicted octanol–water partition coefficient (Wildman–Crippen LogP) is 1.38. The Bertz CT molecular complexity index is 350. The summed E-state index contributed by atoms with van der Waals surface area (Å²) in [5.74, 6) is 1.50. The minimum atomic E-state index is 0.288. The third-order valence-electron chi connectivity index (χ3n) is 2.95. The molecule has 0 saturated carbocycles. The fourth-order valence-corrected chi connectivity index (χ4v) is 1.96.